The van der Waals surface area contributed by atoms with Gasteiger partial charge in [-0.1, -0.05) is 48.5 Å². The van der Waals surface area contributed by atoms with Crippen LogP contribution in [0, 0.1) is 5.82 Å². The molecule has 1 fully saturated rings. The molecule has 0 aliphatic carbocycles. The molecule has 0 aromatic heterocycles. The molecule has 1 saturated heterocycles. The lowest BCUT2D eigenvalue weighted by Gasteiger charge is -2.37. The third-order valence-corrected chi connectivity index (χ3v) is 4.85. The molecule has 2 N–H and O–H groups in total. The fourth-order valence-corrected chi connectivity index (χ4v) is 3.75. The smallest absolute Gasteiger partial charge is 0.408 e. The van der Waals surface area contributed by atoms with Crippen LogP contribution in [0.2, 0.25) is 0 Å². The third kappa shape index (κ3) is 4.66. The summed E-state index contributed by atoms with van der Waals surface area (Å²) in [4.78, 5) is 12.6. The number of amides is 1. The van der Waals surface area contributed by atoms with Gasteiger partial charge in [-0.3, -0.25) is 0 Å². The normalized spacial score (nSPS) is 22.4. The van der Waals surface area contributed by atoms with E-state index in [-0.39, 0.29) is 11.7 Å². The molecular formula is C22H27FN2O2. The molecule has 27 heavy (non-hydrogen) atoms. The average molecular weight is 370 g/mol. The second kappa shape index (κ2) is 7.69. The first kappa shape index (κ1) is 19.4. The molecule has 1 amide bonds. The van der Waals surface area contributed by atoms with E-state index in [0.29, 0.717) is 25.1 Å². The van der Waals surface area contributed by atoms with Crippen molar-refractivity contribution in [2.24, 2.45) is 0 Å². The number of carbonyl (C=O) groups excluding carboxylic acids is 1. The van der Waals surface area contributed by atoms with Gasteiger partial charge in [0.2, 0.25) is 0 Å². The van der Waals surface area contributed by atoms with Gasteiger partial charge in [0.25, 0.3) is 0 Å². The summed E-state index contributed by atoms with van der Waals surface area (Å²) in [7, 11) is 0. The lowest BCUT2D eigenvalue weighted by Crippen LogP contribution is -2.56. The second-order valence-electron chi connectivity index (χ2n) is 8.15. The fraction of sp³-hybridized carbons (Fsp3) is 0.409. The topological polar surface area (TPSA) is 50.4 Å². The van der Waals surface area contributed by atoms with Crippen LogP contribution in [0.3, 0.4) is 0 Å². The van der Waals surface area contributed by atoms with Crippen molar-refractivity contribution in [1.29, 1.82) is 0 Å². The van der Waals surface area contributed by atoms with Gasteiger partial charge in [0, 0.05) is 19.0 Å². The molecule has 3 rings (SSSR count). The molecule has 2 aromatic carbocycles. The van der Waals surface area contributed by atoms with Crippen molar-refractivity contribution in [2.75, 3.05) is 13.1 Å². The predicted octanol–water partition coefficient (Wildman–Crippen LogP) is 4.02. The molecule has 4 nitrogen and oxygen atoms in total. The SMILES string of the molecule is CC(C)(C)OC(=O)N[C@@]1(Cc2ccccc2)CNC[C@@H]1c1ccccc1F. The maximum atomic E-state index is 14.6. The van der Waals surface area contributed by atoms with Crippen LogP contribution in [0.5, 0.6) is 0 Å². The number of ether oxygens (including phenoxy) is 1. The molecule has 0 unspecified atom stereocenters. The molecule has 0 bridgehead atoms. The molecule has 2 atom stereocenters. The highest BCUT2D eigenvalue weighted by molar-refractivity contribution is 5.69. The summed E-state index contributed by atoms with van der Waals surface area (Å²) in [6.45, 7) is 6.62. The van der Waals surface area contributed by atoms with Crippen molar-refractivity contribution < 1.29 is 13.9 Å². The monoisotopic (exact) mass is 370 g/mol. The molecule has 0 radical (unpaired) electrons. The van der Waals surface area contributed by atoms with Crippen molar-refractivity contribution in [3.8, 4) is 0 Å². The minimum atomic E-state index is -0.675. The predicted molar refractivity (Wildman–Crippen MR) is 104 cm³/mol. The minimum absolute atomic E-state index is 0.202. The van der Waals surface area contributed by atoms with E-state index in [4.69, 9.17) is 4.74 Å². The molecule has 0 spiro atoms. The van der Waals surface area contributed by atoms with Crippen LogP contribution in [-0.4, -0.2) is 30.3 Å². The zero-order valence-corrected chi connectivity index (χ0v) is 16.1. The lowest BCUT2D eigenvalue weighted by atomic mass is 9.77. The van der Waals surface area contributed by atoms with Crippen LogP contribution >= 0.6 is 0 Å². The van der Waals surface area contributed by atoms with Gasteiger partial charge in [0.1, 0.15) is 11.4 Å². The van der Waals surface area contributed by atoms with Crippen molar-refractivity contribution >= 4 is 6.09 Å². The zero-order valence-electron chi connectivity index (χ0n) is 16.1. The summed E-state index contributed by atoms with van der Waals surface area (Å²) in [5, 5.41) is 6.42. The quantitative estimate of drug-likeness (QED) is 0.855. The summed E-state index contributed by atoms with van der Waals surface area (Å²) in [6.07, 6.45) is 0.0995. The van der Waals surface area contributed by atoms with E-state index in [9.17, 15) is 9.18 Å². The zero-order chi connectivity index (χ0) is 19.5. The summed E-state index contributed by atoms with van der Waals surface area (Å²) >= 11 is 0. The Bertz CT molecular complexity index is 788. The first-order valence-corrected chi connectivity index (χ1v) is 9.29. The number of rotatable bonds is 4. The Labute approximate surface area is 160 Å². The number of alkyl carbamates (subject to hydrolysis) is 1. The molecule has 1 heterocycles. The van der Waals surface area contributed by atoms with Crippen molar-refractivity contribution in [3.63, 3.8) is 0 Å². The molecule has 1 aliphatic heterocycles. The van der Waals surface area contributed by atoms with Gasteiger partial charge in [0.15, 0.2) is 0 Å². The fourth-order valence-electron chi connectivity index (χ4n) is 3.75. The molecule has 5 heteroatoms. The Hall–Kier alpha value is -2.40. The molecule has 144 valence electrons. The lowest BCUT2D eigenvalue weighted by molar-refractivity contribution is 0.0453. The summed E-state index contributed by atoms with van der Waals surface area (Å²) in [6, 6.07) is 16.7. The van der Waals surface area contributed by atoms with Gasteiger partial charge >= 0.3 is 6.09 Å². The number of carbonyl (C=O) groups is 1. The van der Waals surface area contributed by atoms with E-state index < -0.39 is 17.2 Å². The van der Waals surface area contributed by atoms with Crippen LogP contribution in [0.15, 0.2) is 54.6 Å². The highest BCUT2D eigenvalue weighted by Gasteiger charge is 2.46. The van der Waals surface area contributed by atoms with Crippen LogP contribution in [-0.2, 0) is 11.2 Å². The van der Waals surface area contributed by atoms with Gasteiger partial charge in [-0.15, -0.1) is 0 Å². The van der Waals surface area contributed by atoms with E-state index >= 15 is 0 Å². The van der Waals surface area contributed by atoms with Crippen molar-refractivity contribution in [1.82, 2.24) is 10.6 Å². The third-order valence-electron chi connectivity index (χ3n) is 4.85. The minimum Gasteiger partial charge on any atom is -0.444 e. The summed E-state index contributed by atoms with van der Waals surface area (Å²) < 4.78 is 20.1. The number of nitrogens with one attached hydrogen (secondary N) is 2. The van der Waals surface area contributed by atoms with E-state index in [1.807, 2.05) is 57.2 Å². The number of hydrogen-bond acceptors (Lipinski definition) is 3. The highest BCUT2D eigenvalue weighted by atomic mass is 19.1. The van der Waals surface area contributed by atoms with Gasteiger partial charge in [-0.05, 0) is 44.4 Å². The average Bonchev–Trinajstić information content (AvgIpc) is 2.97. The van der Waals surface area contributed by atoms with E-state index in [1.165, 1.54) is 6.07 Å². The number of benzene rings is 2. The van der Waals surface area contributed by atoms with E-state index in [1.54, 1.807) is 12.1 Å². The van der Waals surface area contributed by atoms with Crippen molar-refractivity contribution in [2.45, 2.75) is 44.2 Å². The first-order chi connectivity index (χ1) is 12.8. The number of hydrogen-bond donors (Lipinski definition) is 2. The maximum absolute atomic E-state index is 14.6. The maximum Gasteiger partial charge on any atom is 0.408 e. The Morgan fingerprint density at radius 3 is 2.52 bits per heavy atom. The van der Waals surface area contributed by atoms with E-state index in [0.717, 1.165) is 5.56 Å². The molecule has 2 aromatic rings. The van der Waals surface area contributed by atoms with Crippen molar-refractivity contribution in [3.05, 3.63) is 71.5 Å². The van der Waals surface area contributed by atoms with Gasteiger partial charge in [-0.2, -0.15) is 0 Å². The van der Waals surface area contributed by atoms with Crippen LogP contribution in [0.25, 0.3) is 0 Å². The largest absolute Gasteiger partial charge is 0.444 e. The Morgan fingerprint density at radius 1 is 1.19 bits per heavy atom. The van der Waals surface area contributed by atoms with Gasteiger partial charge in [-0.25, -0.2) is 9.18 Å². The molecule has 0 saturated carbocycles. The Kier molecular flexibility index (Phi) is 5.51. The van der Waals surface area contributed by atoms with Gasteiger partial charge in [0.05, 0.1) is 5.54 Å². The standard InChI is InChI=1S/C22H27FN2O2/c1-21(2,3)27-20(26)25-22(13-16-9-5-4-6-10-16)15-24-14-18(22)17-11-7-8-12-19(17)23/h4-12,18,24H,13-15H2,1-3H3,(H,25,26)/t18-,22+/m1/s1. The molecular weight excluding hydrogens is 343 g/mol. The van der Waals surface area contributed by atoms with E-state index in [2.05, 4.69) is 10.6 Å². The summed E-state index contributed by atoms with van der Waals surface area (Å²) in [5.74, 6) is -0.457. The van der Waals surface area contributed by atoms with Gasteiger partial charge < -0.3 is 15.4 Å². The molecule has 1 aliphatic rings. The first-order valence-electron chi connectivity index (χ1n) is 9.29. The summed E-state index contributed by atoms with van der Waals surface area (Å²) in [5.41, 5.74) is 0.414. The highest BCUT2D eigenvalue weighted by Crippen LogP contribution is 2.36. The van der Waals surface area contributed by atoms with Crippen LogP contribution in [0.1, 0.15) is 37.8 Å². The van der Waals surface area contributed by atoms with Crippen LogP contribution in [0.4, 0.5) is 9.18 Å². The van der Waals surface area contributed by atoms with Crippen LogP contribution < -0.4 is 10.6 Å². The second-order valence-corrected chi connectivity index (χ2v) is 8.15. The Balaban J connectivity index is 1.96. The Morgan fingerprint density at radius 2 is 1.85 bits per heavy atom. The number of halogens is 1.